The number of hydrogen-bond acceptors (Lipinski definition) is 7. The van der Waals surface area contributed by atoms with Crippen molar-refractivity contribution in [1.82, 2.24) is 0 Å². The normalized spacial score (nSPS) is 14.3. The minimum atomic E-state index is -3.24. The van der Waals surface area contributed by atoms with Crippen LogP contribution in [0.4, 0.5) is 11.4 Å². The van der Waals surface area contributed by atoms with Crippen LogP contribution in [0.5, 0.6) is 11.5 Å². The van der Waals surface area contributed by atoms with Gasteiger partial charge in [0.05, 0.1) is 4.92 Å². The quantitative estimate of drug-likeness (QED) is 0.300. The maximum atomic E-state index is 11.9. The lowest BCUT2D eigenvalue weighted by molar-refractivity contribution is -0.384. The molecule has 0 radical (unpaired) electrons. The number of nitrogens with one attached hydrogen (secondary N) is 1. The number of hydrogen-bond donors (Lipinski definition) is 1. The molecule has 0 aliphatic heterocycles. The van der Waals surface area contributed by atoms with Crippen molar-refractivity contribution >= 4 is 19.0 Å². The summed E-state index contributed by atoms with van der Waals surface area (Å²) in [7, 11) is -1.97. The molecule has 0 aliphatic carbocycles. The minimum absolute atomic E-state index is 0.153. The average Bonchev–Trinajstić information content (AvgIpc) is 2.56. The van der Waals surface area contributed by atoms with Gasteiger partial charge in [-0.05, 0) is 32.0 Å². The summed E-state index contributed by atoms with van der Waals surface area (Å²) in [4.78, 5) is 10.7. The lowest BCUT2D eigenvalue weighted by Gasteiger charge is -2.20. The fourth-order valence-electron chi connectivity index (χ4n) is 2.17. The number of nitro benzene ring substituents is 1. The van der Waals surface area contributed by atoms with Crippen LogP contribution in [-0.4, -0.2) is 24.9 Å². The number of nitro groups is 1. The van der Waals surface area contributed by atoms with Gasteiger partial charge in [-0.25, -0.2) is 0 Å². The van der Waals surface area contributed by atoms with Crippen LogP contribution in [-0.2, 0) is 13.6 Å². The molecule has 2 atom stereocenters. The number of benzene rings is 2. The molecule has 9 heteroatoms. The van der Waals surface area contributed by atoms with Crippen molar-refractivity contribution in [2.75, 3.05) is 19.1 Å². The van der Waals surface area contributed by atoms with Gasteiger partial charge in [0.2, 0.25) is 0 Å². The lowest BCUT2D eigenvalue weighted by atomic mass is 10.2. The molecule has 2 unspecified atom stereocenters. The Balaban J connectivity index is 2.23. The van der Waals surface area contributed by atoms with Crippen molar-refractivity contribution < 1.29 is 23.3 Å². The van der Waals surface area contributed by atoms with Gasteiger partial charge in [-0.1, -0.05) is 17.7 Å². The maximum Gasteiger partial charge on any atom is 0.329 e. The third-order valence-electron chi connectivity index (χ3n) is 3.46. The molecule has 0 bridgehead atoms. The van der Waals surface area contributed by atoms with Crippen molar-refractivity contribution in [2.45, 2.75) is 20.1 Å². The molecule has 140 valence electrons. The van der Waals surface area contributed by atoms with Gasteiger partial charge < -0.3 is 14.6 Å². The molecule has 0 spiro atoms. The van der Waals surface area contributed by atoms with E-state index in [2.05, 4.69) is 5.32 Å². The first-order chi connectivity index (χ1) is 12.2. The second kappa shape index (κ2) is 8.31. The molecule has 0 aliphatic rings. The summed E-state index contributed by atoms with van der Waals surface area (Å²) in [6.07, 6.45) is -0.779. The number of anilines is 1. The Morgan fingerprint density at radius 2 is 1.77 bits per heavy atom. The minimum Gasteiger partial charge on any atom is -0.457 e. The first-order valence-corrected chi connectivity index (χ1v) is 9.80. The molecule has 2 aromatic carbocycles. The third kappa shape index (κ3) is 5.56. The van der Waals surface area contributed by atoms with E-state index in [0.717, 1.165) is 5.56 Å². The van der Waals surface area contributed by atoms with Gasteiger partial charge in [0.25, 0.3) is 5.69 Å². The van der Waals surface area contributed by atoms with Crippen LogP contribution in [0.15, 0.2) is 42.5 Å². The molecule has 0 heterocycles. The summed E-state index contributed by atoms with van der Waals surface area (Å²) in [5.41, 5.74) is 1.12. The van der Waals surface area contributed by atoms with Crippen molar-refractivity contribution in [3.05, 3.63) is 58.1 Å². The summed E-state index contributed by atoms with van der Waals surface area (Å²) < 4.78 is 27.7. The van der Waals surface area contributed by atoms with Crippen LogP contribution in [0.2, 0.25) is 0 Å². The van der Waals surface area contributed by atoms with E-state index >= 15 is 0 Å². The largest absolute Gasteiger partial charge is 0.457 e. The van der Waals surface area contributed by atoms with Crippen molar-refractivity contribution in [1.29, 1.82) is 0 Å². The van der Waals surface area contributed by atoms with E-state index in [1.165, 1.54) is 32.0 Å². The summed E-state index contributed by atoms with van der Waals surface area (Å²) in [6, 6.07) is 11.8. The van der Waals surface area contributed by atoms with E-state index in [9.17, 15) is 14.7 Å². The molecule has 2 rings (SSSR count). The third-order valence-corrected chi connectivity index (χ3v) is 4.82. The molecule has 0 aromatic heterocycles. The summed E-state index contributed by atoms with van der Waals surface area (Å²) in [5.74, 6) is 1.03. The number of nitrogens with zero attached hydrogens (tertiary/aromatic N) is 1. The topological polar surface area (TPSA) is 99.9 Å². The zero-order valence-corrected chi connectivity index (χ0v) is 15.9. The first-order valence-electron chi connectivity index (χ1n) is 7.81. The van der Waals surface area contributed by atoms with E-state index in [1.54, 1.807) is 6.92 Å². The molecule has 2 aromatic rings. The Morgan fingerprint density at radius 1 is 1.15 bits per heavy atom. The van der Waals surface area contributed by atoms with Crippen LogP contribution < -0.4 is 10.1 Å². The highest BCUT2D eigenvalue weighted by Gasteiger charge is 2.22. The van der Waals surface area contributed by atoms with E-state index in [1.807, 2.05) is 31.2 Å². The van der Waals surface area contributed by atoms with E-state index in [-0.39, 0.29) is 11.4 Å². The Labute approximate surface area is 151 Å². The predicted octanol–water partition coefficient (Wildman–Crippen LogP) is 4.94. The highest BCUT2D eigenvalue weighted by atomic mass is 31.2. The Morgan fingerprint density at radius 3 is 2.35 bits per heavy atom. The molecule has 0 fully saturated rings. The Kier molecular flexibility index (Phi) is 6.37. The molecule has 26 heavy (non-hydrogen) atoms. The summed E-state index contributed by atoms with van der Waals surface area (Å²) in [5, 5.41) is 14.1. The van der Waals surface area contributed by atoms with Crippen LogP contribution in [0, 0.1) is 17.0 Å². The highest BCUT2D eigenvalue weighted by molar-refractivity contribution is 7.52. The Hall–Kier alpha value is -2.41. The maximum absolute atomic E-state index is 11.9. The van der Waals surface area contributed by atoms with Gasteiger partial charge in [0.1, 0.15) is 23.4 Å². The van der Waals surface area contributed by atoms with E-state index in [0.29, 0.717) is 11.5 Å². The van der Waals surface area contributed by atoms with Crippen molar-refractivity contribution in [3.8, 4) is 11.5 Å². The van der Waals surface area contributed by atoms with Gasteiger partial charge in [0.15, 0.2) is 0 Å². The lowest BCUT2D eigenvalue weighted by Crippen LogP contribution is -2.18. The molecule has 8 nitrogen and oxygen atoms in total. The fraction of sp³-hybridized carbons (Fsp3) is 0.294. The molecule has 1 N–H and O–H groups in total. The van der Waals surface area contributed by atoms with Gasteiger partial charge in [0, 0.05) is 25.9 Å². The van der Waals surface area contributed by atoms with Crippen molar-refractivity contribution in [3.63, 3.8) is 0 Å². The fourth-order valence-corrected chi connectivity index (χ4v) is 2.88. The van der Waals surface area contributed by atoms with Gasteiger partial charge in [-0.15, -0.1) is 0 Å². The standard InChI is InChI=1S/C17H21N2O6P/c1-12-5-7-14(8-6-12)24-15-9-10-17(19(20)21)16(11-15)18-13(2)25-26(4,22)23-3/h5-11,13,18H,1-4H3. The van der Waals surface area contributed by atoms with Crippen LogP contribution in [0.3, 0.4) is 0 Å². The second-order valence-electron chi connectivity index (χ2n) is 5.70. The molecular weight excluding hydrogens is 359 g/mol. The van der Waals surface area contributed by atoms with Gasteiger partial charge >= 0.3 is 7.60 Å². The molecular formula is C17H21N2O6P. The van der Waals surface area contributed by atoms with Gasteiger partial charge in [-0.3, -0.25) is 19.2 Å². The van der Waals surface area contributed by atoms with E-state index in [4.69, 9.17) is 13.8 Å². The van der Waals surface area contributed by atoms with Crippen molar-refractivity contribution in [2.24, 2.45) is 0 Å². The molecule has 0 saturated carbocycles. The Bertz CT molecular complexity index is 825. The van der Waals surface area contributed by atoms with Crippen LogP contribution >= 0.6 is 7.60 Å². The summed E-state index contributed by atoms with van der Waals surface area (Å²) >= 11 is 0. The number of aryl methyl sites for hydroxylation is 1. The monoisotopic (exact) mass is 380 g/mol. The summed E-state index contributed by atoms with van der Waals surface area (Å²) in [6.45, 7) is 4.86. The average molecular weight is 380 g/mol. The smallest absolute Gasteiger partial charge is 0.329 e. The van der Waals surface area contributed by atoms with Gasteiger partial charge in [-0.2, -0.15) is 0 Å². The SMILES string of the molecule is COP(C)(=O)OC(C)Nc1cc(Oc2ccc(C)cc2)ccc1[N+](=O)[O-]. The second-order valence-corrected chi connectivity index (χ2v) is 7.82. The zero-order valence-electron chi connectivity index (χ0n) is 15.0. The molecule has 0 amide bonds. The van der Waals surface area contributed by atoms with E-state index < -0.39 is 18.7 Å². The predicted molar refractivity (Wildman–Crippen MR) is 99.1 cm³/mol. The number of rotatable bonds is 8. The zero-order chi connectivity index (χ0) is 19.3. The number of ether oxygens (including phenoxy) is 1. The van der Waals surface area contributed by atoms with Crippen LogP contribution in [0.25, 0.3) is 0 Å². The van der Waals surface area contributed by atoms with Crippen LogP contribution in [0.1, 0.15) is 12.5 Å². The molecule has 0 saturated heterocycles. The first kappa shape index (κ1) is 19.9. The highest BCUT2D eigenvalue weighted by Crippen LogP contribution is 2.44.